The second-order valence-electron chi connectivity index (χ2n) is 8.87. The third-order valence-electron chi connectivity index (χ3n) is 6.36. The Kier molecular flexibility index (Phi) is 5.94. The molecule has 0 unspecified atom stereocenters. The van der Waals surface area contributed by atoms with Crippen molar-refractivity contribution in [2.75, 3.05) is 56.4 Å². The van der Waals surface area contributed by atoms with E-state index < -0.39 is 0 Å². The molecule has 0 aliphatic carbocycles. The molecule has 2 heterocycles. The second kappa shape index (κ2) is 8.48. The van der Waals surface area contributed by atoms with Crippen molar-refractivity contribution in [1.29, 1.82) is 0 Å². The van der Waals surface area contributed by atoms with Crippen molar-refractivity contribution >= 4 is 34.5 Å². The van der Waals surface area contributed by atoms with Crippen LogP contribution in [0.5, 0.6) is 0 Å². The number of benzene rings is 2. The van der Waals surface area contributed by atoms with Crippen LogP contribution < -0.4 is 20.4 Å². The molecular formula is C24H32ClN5. The van der Waals surface area contributed by atoms with Gasteiger partial charge in [-0.25, -0.2) is 0 Å². The number of hydrogen-bond acceptors (Lipinski definition) is 4. The monoisotopic (exact) mass is 425 g/mol. The van der Waals surface area contributed by atoms with E-state index in [9.17, 15) is 0 Å². The Bertz CT molecular complexity index is 945. The van der Waals surface area contributed by atoms with Gasteiger partial charge in [-0.15, -0.1) is 0 Å². The zero-order valence-corrected chi connectivity index (χ0v) is 19.2. The smallest absolute Gasteiger partial charge is 0.108 e. The van der Waals surface area contributed by atoms with Crippen molar-refractivity contribution in [3.05, 3.63) is 52.5 Å². The van der Waals surface area contributed by atoms with E-state index in [4.69, 9.17) is 16.6 Å². The van der Waals surface area contributed by atoms with Crippen LogP contribution in [0.25, 0.3) is 0 Å². The average Bonchev–Trinajstić information content (AvgIpc) is 2.72. The Labute approximate surface area is 185 Å². The fraction of sp³-hybridized carbons (Fsp3) is 0.458. The fourth-order valence-corrected chi connectivity index (χ4v) is 4.95. The van der Waals surface area contributed by atoms with Crippen LogP contribution in [-0.4, -0.2) is 47.1 Å². The molecule has 2 aliphatic heterocycles. The number of aliphatic imine (C=N–C) groups is 1. The summed E-state index contributed by atoms with van der Waals surface area (Å²) < 4.78 is 0. The lowest BCUT2D eigenvalue weighted by atomic mass is 9.70. The van der Waals surface area contributed by atoms with Gasteiger partial charge in [0, 0.05) is 49.9 Å². The van der Waals surface area contributed by atoms with E-state index in [1.54, 1.807) is 0 Å². The molecule has 2 aliphatic rings. The van der Waals surface area contributed by atoms with E-state index in [2.05, 4.69) is 66.8 Å². The molecule has 4 rings (SSSR count). The molecule has 2 N–H and O–H groups in total. The first kappa shape index (κ1) is 21.0. The third kappa shape index (κ3) is 4.01. The van der Waals surface area contributed by atoms with Crippen LogP contribution in [0, 0.1) is 5.41 Å². The highest BCUT2D eigenvalue weighted by atomic mass is 35.5. The number of hydrogen-bond donors (Lipinski definition) is 2. The lowest BCUT2D eigenvalue weighted by Gasteiger charge is -2.44. The molecule has 2 aromatic carbocycles. The molecule has 30 heavy (non-hydrogen) atoms. The lowest BCUT2D eigenvalue weighted by molar-refractivity contribution is 0.293. The summed E-state index contributed by atoms with van der Waals surface area (Å²) in [6.45, 7) is 2.69. The summed E-state index contributed by atoms with van der Waals surface area (Å²) in [4.78, 5) is 9.54. The van der Waals surface area contributed by atoms with Gasteiger partial charge in [-0.1, -0.05) is 23.7 Å². The molecule has 0 bridgehead atoms. The van der Waals surface area contributed by atoms with Gasteiger partial charge in [0.25, 0.3) is 0 Å². The molecule has 6 heteroatoms. The standard InChI is InChI=1S/C24H32ClN5/c1-29(2)20-8-9-21(30(3)4)22-19(20)15-24(10-12-26-13-11-24)23(28-22)27-16-17-6-5-7-18(25)14-17/h5-9,14,26H,10-13,15-16H2,1-4H3,(H,27,28). The molecule has 0 radical (unpaired) electrons. The molecule has 1 spiro atoms. The average molecular weight is 426 g/mol. The first-order valence-electron chi connectivity index (χ1n) is 10.7. The van der Waals surface area contributed by atoms with E-state index >= 15 is 0 Å². The van der Waals surface area contributed by atoms with Gasteiger partial charge in [0.15, 0.2) is 0 Å². The van der Waals surface area contributed by atoms with E-state index in [0.29, 0.717) is 6.54 Å². The van der Waals surface area contributed by atoms with Crippen molar-refractivity contribution in [1.82, 2.24) is 5.32 Å². The normalized spacial score (nSPS) is 18.8. The van der Waals surface area contributed by atoms with Gasteiger partial charge >= 0.3 is 0 Å². The van der Waals surface area contributed by atoms with Crippen LogP contribution >= 0.6 is 11.6 Å². The minimum Gasteiger partial charge on any atom is -0.377 e. The Morgan fingerprint density at radius 1 is 1.00 bits per heavy atom. The maximum Gasteiger partial charge on any atom is 0.108 e. The van der Waals surface area contributed by atoms with Crippen LogP contribution in [0.4, 0.5) is 17.1 Å². The summed E-state index contributed by atoms with van der Waals surface area (Å²) in [5.41, 5.74) is 6.27. The molecule has 160 valence electrons. The van der Waals surface area contributed by atoms with Crippen molar-refractivity contribution < 1.29 is 0 Å². The predicted molar refractivity (Wildman–Crippen MR) is 130 cm³/mol. The number of nitrogens with zero attached hydrogens (tertiary/aromatic N) is 3. The van der Waals surface area contributed by atoms with Crippen LogP contribution in [0.3, 0.4) is 0 Å². The highest BCUT2D eigenvalue weighted by molar-refractivity contribution is 6.30. The number of rotatable bonds is 4. The lowest BCUT2D eigenvalue weighted by Crippen LogP contribution is -2.49. The number of halogens is 1. The summed E-state index contributed by atoms with van der Waals surface area (Å²) >= 11 is 6.20. The van der Waals surface area contributed by atoms with Gasteiger partial charge in [0.1, 0.15) is 5.84 Å². The highest BCUT2D eigenvalue weighted by Crippen LogP contribution is 2.47. The van der Waals surface area contributed by atoms with E-state index in [0.717, 1.165) is 48.8 Å². The Morgan fingerprint density at radius 2 is 1.70 bits per heavy atom. The molecule has 1 fully saturated rings. The summed E-state index contributed by atoms with van der Waals surface area (Å²) in [6.07, 6.45) is 3.19. The van der Waals surface area contributed by atoms with Crippen molar-refractivity contribution in [2.45, 2.75) is 25.8 Å². The van der Waals surface area contributed by atoms with Gasteiger partial charge in [-0.2, -0.15) is 0 Å². The minimum absolute atomic E-state index is 0.0481. The third-order valence-corrected chi connectivity index (χ3v) is 6.60. The van der Waals surface area contributed by atoms with Gasteiger partial charge in [-0.05, 0) is 62.2 Å². The summed E-state index contributed by atoms with van der Waals surface area (Å²) in [5, 5.41) is 8.10. The van der Waals surface area contributed by atoms with Crippen LogP contribution in [-0.2, 0) is 13.0 Å². The number of piperidine rings is 1. The number of fused-ring (bicyclic) bond motifs is 1. The first-order chi connectivity index (χ1) is 14.4. The van der Waals surface area contributed by atoms with Crippen molar-refractivity contribution in [2.24, 2.45) is 10.4 Å². The maximum atomic E-state index is 6.20. The molecule has 0 aromatic heterocycles. The number of anilines is 3. The predicted octanol–water partition coefficient (Wildman–Crippen LogP) is 4.41. The first-order valence-corrected chi connectivity index (χ1v) is 11.0. The van der Waals surface area contributed by atoms with Gasteiger partial charge in [0.05, 0.1) is 17.9 Å². The topological polar surface area (TPSA) is 42.9 Å². The number of amidine groups is 1. The Balaban J connectivity index is 1.79. The molecule has 0 atom stereocenters. The number of nitrogens with one attached hydrogen (secondary N) is 2. The van der Waals surface area contributed by atoms with Gasteiger partial charge in [-0.3, -0.25) is 4.99 Å². The van der Waals surface area contributed by atoms with Crippen molar-refractivity contribution in [3.63, 3.8) is 0 Å². The summed E-state index contributed by atoms with van der Waals surface area (Å²) in [7, 11) is 8.46. The Hall–Kier alpha value is -2.24. The van der Waals surface area contributed by atoms with Gasteiger partial charge < -0.3 is 20.4 Å². The summed E-state index contributed by atoms with van der Waals surface area (Å²) in [5.74, 6) is 1.12. The molecule has 1 saturated heterocycles. The highest BCUT2D eigenvalue weighted by Gasteiger charge is 2.42. The molecule has 0 amide bonds. The molecule has 5 nitrogen and oxygen atoms in total. The van der Waals surface area contributed by atoms with Crippen LogP contribution in [0.1, 0.15) is 24.0 Å². The van der Waals surface area contributed by atoms with E-state index in [1.165, 1.54) is 22.6 Å². The zero-order valence-electron chi connectivity index (χ0n) is 18.4. The SMILES string of the molecule is CN(C)c1ccc(N(C)C)c2c1CC1(CCNCC1)C(=NCc1cccc(Cl)c1)N2. The molecular weight excluding hydrogens is 394 g/mol. The molecule has 2 aromatic rings. The molecule has 0 saturated carbocycles. The second-order valence-corrected chi connectivity index (χ2v) is 9.31. The van der Waals surface area contributed by atoms with Crippen LogP contribution in [0.2, 0.25) is 5.02 Å². The Morgan fingerprint density at radius 3 is 2.37 bits per heavy atom. The largest absolute Gasteiger partial charge is 0.377 e. The summed E-state index contributed by atoms with van der Waals surface area (Å²) in [6, 6.07) is 12.5. The van der Waals surface area contributed by atoms with E-state index in [-0.39, 0.29) is 5.41 Å². The van der Waals surface area contributed by atoms with Gasteiger partial charge in [0.2, 0.25) is 0 Å². The zero-order chi connectivity index (χ0) is 21.3. The van der Waals surface area contributed by atoms with E-state index in [1.807, 2.05) is 18.2 Å². The maximum absolute atomic E-state index is 6.20. The fourth-order valence-electron chi connectivity index (χ4n) is 4.74. The van der Waals surface area contributed by atoms with Crippen molar-refractivity contribution in [3.8, 4) is 0 Å². The quantitative estimate of drug-likeness (QED) is 0.761. The minimum atomic E-state index is 0.0481. The van der Waals surface area contributed by atoms with Crippen LogP contribution in [0.15, 0.2) is 41.4 Å².